The van der Waals surface area contributed by atoms with E-state index in [9.17, 15) is 20.2 Å². The lowest BCUT2D eigenvalue weighted by Gasteiger charge is -2.36. The number of ketones is 1. The van der Waals surface area contributed by atoms with Crippen LogP contribution in [0.2, 0.25) is 0 Å². The summed E-state index contributed by atoms with van der Waals surface area (Å²) < 4.78 is 5.67. The zero-order valence-electron chi connectivity index (χ0n) is 16.2. The van der Waals surface area contributed by atoms with Crippen molar-refractivity contribution in [1.29, 1.82) is 5.26 Å². The zero-order chi connectivity index (χ0) is 20.6. The fourth-order valence-corrected chi connectivity index (χ4v) is 5.11. The fraction of sp³-hybridized carbons (Fsp3) is 0.500. The van der Waals surface area contributed by atoms with E-state index >= 15 is 0 Å². The van der Waals surface area contributed by atoms with E-state index in [1.165, 1.54) is 17.4 Å². The van der Waals surface area contributed by atoms with E-state index in [-0.39, 0.29) is 28.3 Å². The number of nitrogens with two attached hydrogens (primary N) is 1. The highest BCUT2D eigenvalue weighted by Gasteiger charge is 2.44. The summed E-state index contributed by atoms with van der Waals surface area (Å²) in [7, 11) is 0. The number of rotatable bonds is 5. The first-order valence-electron chi connectivity index (χ1n) is 9.29. The molecule has 1 aliphatic heterocycles. The minimum Gasteiger partial charge on any atom is -0.444 e. The van der Waals surface area contributed by atoms with Gasteiger partial charge in [-0.25, -0.2) is 0 Å². The third-order valence-corrected chi connectivity index (χ3v) is 6.37. The molecule has 0 radical (unpaired) electrons. The van der Waals surface area contributed by atoms with Crippen LogP contribution in [0.5, 0.6) is 0 Å². The first kappa shape index (κ1) is 20.1. The SMILES string of the molecule is CCCCc1sc([C@@H]2C(C#N)=C(N)OC3=C2C(=O)CC(C)(C)C3)cc1[N+](=O)[O-]. The molecule has 28 heavy (non-hydrogen) atoms. The summed E-state index contributed by atoms with van der Waals surface area (Å²) in [6, 6.07) is 3.55. The predicted molar refractivity (Wildman–Crippen MR) is 105 cm³/mol. The summed E-state index contributed by atoms with van der Waals surface area (Å²) in [5, 5.41) is 21.2. The molecule has 1 atom stereocenters. The number of aryl methyl sites for hydroxylation is 1. The number of carbonyl (C=O) groups excluding carboxylic acids is 1. The van der Waals surface area contributed by atoms with Gasteiger partial charge in [-0.2, -0.15) is 5.26 Å². The molecule has 3 rings (SSSR count). The predicted octanol–water partition coefficient (Wildman–Crippen LogP) is 4.45. The van der Waals surface area contributed by atoms with Gasteiger partial charge in [0.25, 0.3) is 5.69 Å². The van der Waals surface area contributed by atoms with Crippen LogP contribution in [0, 0.1) is 26.9 Å². The number of nitrogens with zero attached hydrogens (tertiary/aromatic N) is 2. The van der Waals surface area contributed by atoms with Gasteiger partial charge >= 0.3 is 0 Å². The number of carbonyl (C=O) groups is 1. The van der Waals surface area contributed by atoms with Crippen LogP contribution in [0.25, 0.3) is 0 Å². The van der Waals surface area contributed by atoms with E-state index in [1.54, 1.807) is 0 Å². The molecule has 0 saturated heterocycles. The molecule has 0 fully saturated rings. The van der Waals surface area contributed by atoms with Crippen molar-refractivity contribution >= 4 is 22.8 Å². The number of nitro groups is 1. The zero-order valence-corrected chi connectivity index (χ0v) is 17.0. The highest BCUT2D eigenvalue weighted by molar-refractivity contribution is 7.12. The first-order valence-corrected chi connectivity index (χ1v) is 10.1. The van der Waals surface area contributed by atoms with Gasteiger partial charge in [0.05, 0.1) is 15.7 Å². The van der Waals surface area contributed by atoms with Crippen LogP contribution in [0.3, 0.4) is 0 Å². The Morgan fingerprint density at radius 2 is 2.18 bits per heavy atom. The molecule has 0 saturated carbocycles. The molecule has 0 spiro atoms. The van der Waals surface area contributed by atoms with Gasteiger partial charge in [0.15, 0.2) is 5.78 Å². The van der Waals surface area contributed by atoms with E-state index in [4.69, 9.17) is 10.5 Å². The molecule has 2 heterocycles. The van der Waals surface area contributed by atoms with E-state index in [0.717, 1.165) is 12.8 Å². The van der Waals surface area contributed by atoms with Gasteiger partial charge < -0.3 is 10.5 Å². The summed E-state index contributed by atoms with van der Waals surface area (Å²) in [5.41, 5.74) is 6.34. The van der Waals surface area contributed by atoms with Gasteiger partial charge in [0, 0.05) is 29.4 Å². The fourth-order valence-electron chi connectivity index (χ4n) is 3.82. The van der Waals surface area contributed by atoms with E-state index in [2.05, 4.69) is 6.07 Å². The minimum atomic E-state index is -0.698. The normalized spacial score (nSPS) is 21.2. The average Bonchev–Trinajstić information content (AvgIpc) is 3.01. The third kappa shape index (κ3) is 3.54. The van der Waals surface area contributed by atoms with E-state index in [0.29, 0.717) is 40.3 Å². The molecular formula is C20H23N3O4S. The van der Waals surface area contributed by atoms with Crippen molar-refractivity contribution < 1.29 is 14.5 Å². The van der Waals surface area contributed by atoms with Crippen molar-refractivity contribution in [2.75, 3.05) is 0 Å². The lowest BCUT2D eigenvalue weighted by Crippen LogP contribution is -2.33. The monoisotopic (exact) mass is 401 g/mol. The molecule has 0 aromatic carbocycles. The lowest BCUT2D eigenvalue weighted by molar-refractivity contribution is -0.385. The van der Waals surface area contributed by atoms with Gasteiger partial charge in [-0.3, -0.25) is 14.9 Å². The number of ether oxygens (including phenoxy) is 1. The second kappa shape index (κ2) is 7.40. The Balaban J connectivity index is 2.15. The molecule has 8 heteroatoms. The Kier molecular flexibility index (Phi) is 5.31. The van der Waals surface area contributed by atoms with E-state index in [1.807, 2.05) is 20.8 Å². The minimum absolute atomic E-state index is 0.0251. The summed E-state index contributed by atoms with van der Waals surface area (Å²) >= 11 is 1.29. The highest BCUT2D eigenvalue weighted by atomic mass is 32.1. The maximum atomic E-state index is 13.0. The third-order valence-electron chi connectivity index (χ3n) is 5.12. The Bertz CT molecular complexity index is 949. The molecule has 1 aromatic rings. The molecule has 2 aliphatic rings. The largest absolute Gasteiger partial charge is 0.444 e. The number of unbranched alkanes of at least 4 members (excludes halogenated alkanes) is 1. The molecule has 0 bridgehead atoms. The standard InChI is InChI=1S/C20H23N3O4S/c1-4-5-6-15-12(23(25)26)7-16(28-15)17-11(10-21)19(22)27-14-9-20(2,3)8-13(24)18(14)17/h7,17H,4-6,8-9,22H2,1-3H3/t17-/m0/s1. The van der Waals surface area contributed by atoms with Crippen LogP contribution < -0.4 is 5.73 Å². The number of allylic oxidation sites excluding steroid dienone is 3. The Morgan fingerprint density at radius 1 is 1.46 bits per heavy atom. The number of nitriles is 1. The quantitative estimate of drug-likeness (QED) is 0.575. The Morgan fingerprint density at radius 3 is 2.79 bits per heavy atom. The van der Waals surface area contributed by atoms with Crippen molar-refractivity contribution in [3.05, 3.63) is 48.7 Å². The van der Waals surface area contributed by atoms with E-state index < -0.39 is 10.8 Å². The van der Waals surface area contributed by atoms with Gasteiger partial charge in [-0.1, -0.05) is 27.2 Å². The maximum Gasteiger partial charge on any atom is 0.283 e. The van der Waals surface area contributed by atoms with Gasteiger partial charge in [-0.15, -0.1) is 11.3 Å². The molecule has 2 N–H and O–H groups in total. The average molecular weight is 401 g/mol. The van der Waals surface area contributed by atoms with Gasteiger partial charge in [0.2, 0.25) is 5.88 Å². The first-order chi connectivity index (χ1) is 13.2. The van der Waals surface area contributed by atoms with Crippen LogP contribution in [0.15, 0.2) is 28.9 Å². The number of thiophene rings is 1. The summed E-state index contributed by atoms with van der Waals surface area (Å²) in [4.78, 5) is 25.4. The van der Waals surface area contributed by atoms with Crippen molar-refractivity contribution in [2.45, 2.75) is 58.8 Å². The Hall–Kier alpha value is -2.66. The van der Waals surface area contributed by atoms with Gasteiger partial charge in [0.1, 0.15) is 17.4 Å². The van der Waals surface area contributed by atoms with Crippen LogP contribution in [0.4, 0.5) is 5.69 Å². The number of hydrogen-bond acceptors (Lipinski definition) is 7. The number of hydrogen-bond donors (Lipinski definition) is 1. The summed E-state index contributed by atoms with van der Waals surface area (Å²) in [6.45, 7) is 5.98. The van der Waals surface area contributed by atoms with Gasteiger partial charge in [-0.05, 0) is 18.3 Å². The molecule has 1 aliphatic carbocycles. The highest BCUT2D eigenvalue weighted by Crippen LogP contribution is 2.50. The molecule has 0 amide bonds. The second-order valence-electron chi connectivity index (χ2n) is 8.02. The van der Waals surface area contributed by atoms with Crippen molar-refractivity contribution in [2.24, 2.45) is 11.1 Å². The molecule has 7 nitrogen and oxygen atoms in total. The molecule has 148 valence electrons. The second-order valence-corrected chi connectivity index (χ2v) is 9.19. The smallest absolute Gasteiger partial charge is 0.283 e. The Labute approximate surface area is 167 Å². The molecular weight excluding hydrogens is 378 g/mol. The molecule has 0 unspecified atom stereocenters. The molecule has 1 aromatic heterocycles. The van der Waals surface area contributed by atoms with Crippen LogP contribution >= 0.6 is 11.3 Å². The van der Waals surface area contributed by atoms with Crippen LogP contribution in [-0.2, 0) is 16.0 Å². The number of Topliss-reactive ketones (excluding diaryl/α,β-unsaturated/α-hetero) is 1. The van der Waals surface area contributed by atoms with Crippen LogP contribution in [-0.4, -0.2) is 10.7 Å². The lowest BCUT2D eigenvalue weighted by atomic mass is 9.71. The maximum absolute atomic E-state index is 13.0. The van der Waals surface area contributed by atoms with Crippen molar-refractivity contribution in [3.8, 4) is 6.07 Å². The summed E-state index contributed by atoms with van der Waals surface area (Å²) in [6.07, 6.45) is 3.20. The summed E-state index contributed by atoms with van der Waals surface area (Å²) in [5.74, 6) is -0.337. The topological polar surface area (TPSA) is 119 Å². The van der Waals surface area contributed by atoms with Crippen LogP contribution in [0.1, 0.15) is 62.1 Å². The van der Waals surface area contributed by atoms with Crippen molar-refractivity contribution in [3.63, 3.8) is 0 Å². The van der Waals surface area contributed by atoms with Crippen molar-refractivity contribution in [1.82, 2.24) is 0 Å².